The Morgan fingerprint density at radius 3 is 2.62 bits per heavy atom. The highest BCUT2D eigenvalue weighted by Crippen LogP contribution is 2.29. The second kappa shape index (κ2) is 10.6. The number of hydrogen-bond donors (Lipinski definition) is 3. The van der Waals surface area contributed by atoms with Crippen molar-refractivity contribution in [2.75, 3.05) is 5.73 Å². The third-order valence-corrected chi connectivity index (χ3v) is 8.03. The van der Waals surface area contributed by atoms with Crippen LogP contribution >= 0.6 is 0 Å². The number of nitrogens with zero attached hydrogens (tertiary/aromatic N) is 3. The van der Waals surface area contributed by atoms with Gasteiger partial charge in [0.15, 0.2) is 0 Å². The lowest BCUT2D eigenvalue weighted by Gasteiger charge is -2.22. The van der Waals surface area contributed by atoms with Crippen molar-refractivity contribution in [3.63, 3.8) is 0 Å². The number of carbonyl (C=O) groups is 1. The van der Waals surface area contributed by atoms with E-state index >= 15 is 0 Å². The van der Waals surface area contributed by atoms with Crippen LogP contribution in [-0.2, 0) is 18.4 Å². The molecular formula is C32H34N6O2. The van der Waals surface area contributed by atoms with Crippen molar-refractivity contribution in [3.05, 3.63) is 89.5 Å². The van der Waals surface area contributed by atoms with E-state index < -0.39 is 0 Å². The van der Waals surface area contributed by atoms with Crippen LogP contribution in [0.3, 0.4) is 0 Å². The van der Waals surface area contributed by atoms with Crippen molar-refractivity contribution in [2.24, 2.45) is 7.05 Å². The molecule has 0 bridgehead atoms. The number of nitrogens with one attached hydrogen (secondary N) is 2. The van der Waals surface area contributed by atoms with Crippen molar-refractivity contribution in [2.45, 2.75) is 51.9 Å². The number of benzene rings is 2. The Kier molecular flexibility index (Phi) is 6.86. The fourth-order valence-corrected chi connectivity index (χ4v) is 5.56. The maximum Gasteiger partial charge on any atom is 0.255 e. The summed E-state index contributed by atoms with van der Waals surface area (Å²) < 4.78 is 8.02. The highest BCUT2D eigenvalue weighted by atomic mass is 16.5. The summed E-state index contributed by atoms with van der Waals surface area (Å²) in [4.78, 5) is 20.9. The predicted molar refractivity (Wildman–Crippen MR) is 158 cm³/mol. The van der Waals surface area contributed by atoms with Crippen LogP contribution in [0.4, 0.5) is 5.82 Å². The number of pyridine rings is 1. The predicted octanol–water partition coefficient (Wildman–Crippen LogP) is 5.70. The number of nitrogens with two attached hydrogens (primary N) is 1. The van der Waals surface area contributed by atoms with Crippen LogP contribution in [0.15, 0.2) is 67.1 Å². The summed E-state index contributed by atoms with van der Waals surface area (Å²) in [6.45, 7) is 4.76. The summed E-state index contributed by atoms with van der Waals surface area (Å²) in [6.07, 6.45) is 8.00. The molecule has 1 aliphatic rings. The molecule has 2 atom stereocenters. The molecule has 204 valence electrons. The van der Waals surface area contributed by atoms with Crippen molar-refractivity contribution >= 4 is 22.6 Å². The molecule has 1 aliphatic carbocycles. The second-order valence-corrected chi connectivity index (χ2v) is 10.8. The van der Waals surface area contributed by atoms with Crippen LogP contribution in [0, 0.1) is 13.8 Å². The number of hydrogen-bond acceptors (Lipinski definition) is 5. The van der Waals surface area contributed by atoms with Gasteiger partial charge in [-0.1, -0.05) is 30.3 Å². The lowest BCUT2D eigenvalue weighted by Crippen LogP contribution is -2.41. The van der Waals surface area contributed by atoms with E-state index in [0.29, 0.717) is 12.2 Å². The number of rotatable bonds is 7. The minimum atomic E-state index is -0.231. The fourth-order valence-electron chi connectivity index (χ4n) is 5.56. The lowest BCUT2D eigenvalue weighted by atomic mass is 10.0. The third-order valence-electron chi connectivity index (χ3n) is 8.03. The Hall–Kier alpha value is -4.43. The van der Waals surface area contributed by atoms with Gasteiger partial charge in [-0.15, -0.1) is 0 Å². The standard InChI is InChI=1S/C32H34N6O2/c1-19-20(2)36-28-12-11-23(13-26(19)28)22-9-7-21(8-10-22)18-40-30-6-4-5-29(30)37-32(39)27-14-24(15-34-31(27)33)25-16-35-38(3)17-25/h7-17,29-30,36H,4-6,18H2,1-3H3,(H2,33,34)(H,37,39)/t29-,30-/m0/s1. The zero-order valence-electron chi connectivity index (χ0n) is 23.1. The van der Waals surface area contributed by atoms with Crippen molar-refractivity contribution in [1.29, 1.82) is 0 Å². The highest BCUT2D eigenvalue weighted by Gasteiger charge is 2.30. The number of aromatic nitrogens is 4. The van der Waals surface area contributed by atoms with Gasteiger partial charge < -0.3 is 20.8 Å². The summed E-state index contributed by atoms with van der Waals surface area (Å²) >= 11 is 0. The lowest BCUT2D eigenvalue weighted by molar-refractivity contribution is 0.0272. The Bertz CT molecular complexity index is 1680. The van der Waals surface area contributed by atoms with Gasteiger partial charge in [-0.2, -0.15) is 5.10 Å². The Labute approximate surface area is 233 Å². The summed E-state index contributed by atoms with van der Waals surface area (Å²) in [7, 11) is 1.85. The molecule has 40 heavy (non-hydrogen) atoms. The number of carbonyl (C=O) groups excluding carboxylic acids is 1. The Morgan fingerprint density at radius 1 is 1.05 bits per heavy atom. The van der Waals surface area contributed by atoms with Gasteiger partial charge in [0.1, 0.15) is 5.82 Å². The van der Waals surface area contributed by atoms with Crippen LogP contribution in [0.2, 0.25) is 0 Å². The van der Waals surface area contributed by atoms with Gasteiger partial charge in [-0.25, -0.2) is 4.98 Å². The minimum Gasteiger partial charge on any atom is -0.383 e. The van der Waals surface area contributed by atoms with Gasteiger partial charge in [0, 0.05) is 47.2 Å². The molecule has 0 unspecified atom stereocenters. The molecule has 1 fully saturated rings. The molecular weight excluding hydrogens is 500 g/mol. The first-order chi connectivity index (χ1) is 19.4. The number of fused-ring (bicyclic) bond motifs is 1. The number of aromatic amines is 1. The maximum atomic E-state index is 13.2. The second-order valence-electron chi connectivity index (χ2n) is 10.8. The van der Waals surface area contributed by atoms with Gasteiger partial charge in [0.2, 0.25) is 0 Å². The van der Waals surface area contributed by atoms with E-state index in [0.717, 1.165) is 36.0 Å². The Balaban J connectivity index is 1.09. The van der Waals surface area contributed by atoms with Crippen molar-refractivity contribution in [1.82, 2.24) is 25.1 Å². The van der Waals surface area contributed by atoms with Crippen LogP contribution in [-0.4, -0.2) is 37.8 Å². The van der Waals surface area contributed by atoms with E-state index in [9.17, 15) is 4.79 Å². The summed E-state index contributed by atoms with van der Waals surface area (Å²) in [5.74, 6) is -0.0212. The van der Waals surface area contributed by atoms with E-state index in [2.05, 4.69) is 76.7 Å². The number of aryl methyl sites for hydroxylation is 3. The molecule has 5 aromatic rings. The number of anilines is 1. The molecule has 1 saturated carbocycles. The molecule has 3 aromatic heterocycles. The average Bonchev–Trinajstić information content (AvgIpc) is 3.67. The molecule has 3 heterocycles. The SMILES string of the molecule is Cc1[nH]c2ccc(-c3ccc(CO[C@H]4CCC[C@@H]4NC(=O)c4cc(-c5cnn(C)c5)cnc4N)cc3)cc2c1C. The largest absolute Gasteiger partial charge is 0.383 e. The molecule has 0 radical (unpaired) electrons. The molecule has 8 heteroatoms. The zero-order valence-corrected chi connectivity index (χ0v) is 23.1. The smallest absolute Gasteiger partial charge is 0.255 e. The summed E-state index contributed by atoms with van der Waals surface area (Å²) in [5, 5.41) is 8.62. The molecule has 8 nitrogen and oxygen atoms in total. The molecule has 0 spiro atoms. The van der Waals surface area contributed by atoms with Gasteiger partial charge >= 0.3 is 0 Å². The minimum absolute atomic E-state index is 0.0541. The molecule has 0 aliphatic heterocycles. The maximum absolute atomic E-state index is 13.2. The van der Waals surface area contributed by atoms with E-state index in [-0.39, 0.29) is 23.9 Å². The molecule has 6 rings (SSSR count). The average molecular weight is 535 g/mol. The fraction of sp³-hybridized carbons (Fsp3) is 0.281. The molecule has 2 aromatic carbocycles. The van der Waals surface area contributed by atoms with Crippen LogP contribution < -0.4 is 11.1 Å². The number of amides is 1. The van der Waals surface area contributed by atoms with Gasteiger partial charge in [-0.05, 0) is 73.6 Å². The van der Waals surface area contributed by atoms with Crippen LogP contribution in [0.5, 0.6) is 0 Å². The first kappa shape index (κ1) is 25.8. The van der Waals surface area contributed by atoms with Gasteiger partial charge in [0.05, 0.1) is 30.5 Å². The highest BCUT2D eigenvalue weighted by molar-refractivity contribution is 5.99. The zero-order chi connectivity index (χ0) is 27.8. The molecule has 1 amide bonds. The van der Waals surface area contributed by atoms with E-state index in [1.54, 1.807) is 23.1 Å². The van der Waals surface area contributed by atoms with Crippen molar-refractivity contribution < 1.29 is 9.53 Å². The normalized spacial score (nSPS) is 17.0. The first-order valence-corrected chi connectivity index (χ1v) is 13.7. The van der Waals surface area contributed by atoms with E-state index in [1.807, 2.05) is 13.2 Å². The summed E-state index contributed by atoms with van der Waals surface area (Å²) in [6, 6.07) is 16.8. The van der Waals surface area contributed by atoms with E-state index in [4.69, 9.17) is 10.5 Å². The quantitative estimate of drug-likeness (QED) is 0.248. The third kappa shape index (κ3) is 5.10. The van der Waals surface area contributed by atoms with Gasteiger partial charge in [-0.3, -0.25) is 9.48 Å². The van der Waals surface area contributed by atoms with Crippen molar-refractivity contribution in [3.8, 4) is 22.3 Å². The number of nitrogen functional groups attached to an aromatic ring is 1. The van der Waals surface area contributed by atoms with E-state index in [1.165, 1.54) is 33.3 Å². The molecule has 0 saturated heterocycles. The van der Waals surface area contributed by atoms with Crippen LogP contribution in [0.25, 0.3) is 33.2 Å². The Morgan fingerprint density at radius 2 is 1.85 bits per heavy atom. The molecule has 4 N–H and O–H groups in total. The number of H-pyrrole nitrogens is 1. The van der Waals surface area contributed by atoms with Crippen LogP contribution in [0.1, 0.15) is 46.4 Å². The van der Waals surface area contributed by atoms with Gasteiger partial charge in [0.25, 0.3) is 5.91 Å². The summed E-state index contributed by atoms with van der Waals surface area (Å²) in [5.41, 5.74) is 15.3. The number of ether oxygens (including phenoxy) is 1. The monoisotopic (exact) mass is 534 g/mol. The topological polar surface area (TPSA) is 111 Å². The first-order valence-electron chi connectivity index (χ1n) is 13.7.